The SMILES string of the molecule is COc1nc(-c2csc(N3CC(C)Cn4nc5c(c43)CCCC5)n2)ccc1-n1cnc(C)c1.COc1nc(-c2nc(N3CCCn4nc5c(c43)CCCC5)cs2)ccc1-n1cnc(C)c1. The molecule has 0 amide bonds. The molecule has 0 radical (unpaired) electrons. The maximum atomic E-state index is 5.60. The fourth-order valence-corrected chi connectivity index (χ4v) is 11.2. The summed E-state index contributed by atoms with van der Waals surface area (Å²) in [5, 5.41) is 16.0. The lowest BCUT2D eigenvalue weighted by atomic mass is 9.96. The number of nitrogens with zero attached hydrogens (tertiary/aromatic N) is 14. The van der Waals surface area contributed by atoms with Crippen LogP contribution in [0.2, 0.25) is 0 Å². The Balaban J connectivity index is 0.000000144. The van der Waals surface area contributed by atoms with Gasteiger partial charge in [-0.25, -0.2) is 39.3 Å². The smallest absolute Gasteiger partial charge is 0.238 e. The molecule has 0 N–H and O–H groups in total. The van der Waals surface area contributed by atoms with Gasteiger partial charge < -0.3 is 28.4 Å². The number of rotatable bonds is 8. The molecule has 0 saturated heterocycles. The van der Waals surface area contributed by atoms with Crippen molar-refractivity contribution in [3.8, 4) is 45.2 Å². The Morgan fingerprint density at radius 3 is 1.86 bits per heavy atom. The summed E-state index contributed by atoms with van der Waals surface area (Å²) < 4.78 is 19.5. The van der Waals surface area contributed by atoms with Crippen molar-refractivity contribution in [1.82, 2.24) is 58.6 Å². The van der Waals surface area contributed by atoms with Crippen LogP contribution in [0.1, 0.15) is 72.9 Å². The van der Waals surface area contributed by atoms with Gasteiger partial charge in [0.25, 0.3) is 0 Å². The Bertz CT molecular complexity index is 3010. The standard InChI is InChI=1S/C24H27N7OS.C23H25N7OS/c1-15-10-30(23-17-6-4-5-7-18(17)28-31(23)11-15)24-27-20(13-33-24)19-8-9-21(22(26-19)32-3)29-12-16(2)25-14-29;1-15-12-28(14-24-15)19-9-8-18(25-21(19)31-2)22-26-20(13-32-22)29-10-5-11-30-23(29)16-6-3-4-7-17(16)27-30/h8-9,12-15H,4-7,10-11H2,1-3H3;8-9,12-14H,3-7,10-11H2,1-2H3. The van der Waals surface area contributed by atoms with Crippen molar-refractivity contribution in [3.05, 3.63) is 94.0 Å². The number of hydrogen-bond acceptors (Lipinski definition) is 14. The Morgan fingerprint density at radius 2 is 1.22 bits per heavy atom. The number of fused-ring (bicyclic) bond motifs is 6. The maximum absolute atomic E-state index is 5.60. The fraction of sp³-hybridized carbons (Fsp3) is 0.404. The first-order valence-corrected chi connectivity index (χ1v) is 24.3. The van der Waals surface area contributed by atoms with E-state index in [1.807, 2.05) is 59.6 Å². The molecule has 10 heterocycles. The molecule has 1 unspecified atom stereocenters. The molecule has 8 aromatic heterocycles. The van der Waals surface area contributed by atoms with Crippen molar-refractivity contribution >= 4 is 45.3 Å². The van der Waals surface area contributed by atoms with Crippen LogP contribution in [0.3, 0.4) is 0 Å². The fourth-order valence-electron chi connectivity index (χ4n) is 9.63. The third-order valence-corrected chi connectivity index (χ3v) is 14.4. The predicted molar refractivity (Wildman–Crippen MR) is 253 cm³/mol. The normalized spacial score (nSPS) is 16.6. The topological polar surface area (TPSA) is 148 Å². The van der Waals surface area contributed by atoms with E-state index in [1.54, 1.807) is 49.5 Å². The molecule has 0 saturated carbocycles. The zero-order valence-electron chi connectivity index (χ0n) is 37.4. The number of ether oxygens (including phenoxy) is 2. The second-order valence-electron chi connectivity index (χ2n) is 17.4. The van der Waals surface area contributed by atoms with Crippen LogP contribution in [0, 0.1) is 19.8 Å². The first-order chi connectivity index (χ1) is 31.8. The lowest BCUT2D eigenvalue weighted by Gasteiger charge is -2.32. The highest BCUT2D eigenvalue weighted by Crippen LogP contribution is 2.42. The molecule has 0 spiro atoms. The summed E-state index contributed by atoms with van der Waals surface area (Å²) in [5.41, 5.74) is 11.5. The molecule has 0 fully saturated rings. The average Bonchev–Trinajstić information content (AvgIpc) is 4.21. The van der Waals surface area contributed by atoms with Crippen molar-refractivity contribution in [3.63, 3.8) is 0 Å². The highest BCUT2D eigenvalue weighted by molar-refractivity contribution is 7.14. The molecule has 334 valence electrons. The number of imidazole rings is 2. The van der Waals surface area contributed by atoms with Gasteiger partial charge in [-0.2, -0.15) is 10.2 Å². The summed E-state index contributed by atoms with van der Waals surface area (Å²) in [5.74, 6) is 5.11. The molecular formula is C47H52N14O2S2. The molecule has 0 bridgehead atoms. The maximum Gasteiger partial charge on any atom is 0.238 e. The molecule has 16 nitrogen and oxygen atoms in total. The largest absolute Gasteiger partial charge is 0.479 e. The molecule has 18 heteroatoms. The van der Waals surface area contributed by atoms with Gasteiger partial charge in [0.2, 0.25) is 11.8 Å². The van der Waals surface area contributed by atoms with E-state index >= 15 is 0 Å². The van der Waals surface area contributed by atoms with Crippen LogP contribution in [0.4, 0.5) is 22.6 Å². The summed E-state index contributed by atoms with van der Waals surface area (Å²) in [6.07, 6.45) is 17.9. The number of thiazole rings is 2. The van der Waals surface area contributed by atoms with E-state index < -0.39 is 0 Å². The second-order valence-corrected chi connectivity index (χ2v) is 19.1. The molecule has 2 aliphatic carbocycles. The lowest BCUT2D eigenvalue weighted by molar-refractivity contribution is 0.396. The van der Waals surface area contributed by atoms with Gasteiger partial charge in [-0.3, -0.25) is 0 Å². The van der Waals surface area contributed by atoms with Crippen LogP contribution >= 0.6 is 22.7 Å². The van der Waals surface area contributed by atoms with Gasteiger partial charge in [0.15, 0.2) is 5.13 Å². The summed E-state index contributed by atoms with van der Waals surface area (Å²) in [7, 11) is 3.29. The Hall–Kier alpha value is -6.40. The van der Waals surface area contributed by atoms with Crippen molar-refractivity contribution in [1.29, 1.82) is 0 Å². The lowest BCUT2D eigenvalue weighted by Crippen LogP contribution is -2.34. The third kappa shape index (κ3) is 7.75. The van der Waals surface area contributed by atoms with E-state index in [2.05, 4.69) is 46.8 Å². The van der Waals surface area contributed by atoms with Crippen LogP contribution in [0.25, 0.3) is 33.5 Å². The van der Waals surface area contributed by atoms with Crippen LogP contribution in [0.15, 0.2) is 60.1 Å². The molecule has 65 heavy (non-hydrogen) atoms. The minimum Gasteiger partial charge on any atom is -0.479 e. The van der Waals surface area contributed by atoms with E-state index in [-0.39, 0.29) is 0 Å². The van der Waals surface area contributed by atoms with Crippen molar-refractivity contribution in [2.24, 2.45) is 5.92 Å². The third-order valence-electron chi connectivity index (χ3n) is 12.7. The van der Waals surface area contributed by atoms with Crippen molar-refractivity contribution in [2.45, 2.75) is 91.6 Å². The molecule has 2 aliphatic heterocycles. The van der Waals surface area contributed by atoms with Gasteiger partial charge in [-0.05, 0) is 102 Å². The zero-order valence-corrected chi connectivity index (χ0v) is 39.1. The van der Waals surface area contributed by atoms with Gasteiger partial charge in [-0.15, -0.1) is 22.7 Å². The molecular weight excluding hydrogens is 857 g/mol. The minimum atomic E-state index is 0.516. The quantitative estimate of drug-likeness (QED) is 0.143. The number of pyridine rings is 2. The highest BCUT2D eigenvalue weighted by atomic mass is 32.1. The Labute approximate surface area is 385 Å². The highest BCUT2D eigenvalue weighted by Gasteiger charge is 2.33. The second kappa shape index (κ2) is 17.2. The molecule has 1 atom stereocenters. The summed E-state index contributed by atoms with van der Waals surface area (Å²) in [6, 6.07) is 8.01. The van der Waals surface area contributed by atoms with Gasteiger partial charge in [0.1, 0.15) is 45.2 Å². The minimum absolute atomic E-state index is 0.516. The van der Waals surface area contributed by atoms with E-state index in [0.717, 1.165) is 114 Å². The molecule has 0 aromatic carbocycles. The Morgan fingerprint density at radius 1 is 0.600 bits per heavy atom. The van der Waals surface area contributed by atoms with Gasteiger partial charge >= 0.3 is 0 Å². The van der Waals surface area contributed by atoms with E-state index in [9.17, 15) is 0 Å². The van der Waals surface area contributed by atoms with Crippen LogP contribution in [-0.4, -0.2) is 85.9 Å². The van der Waals surface area contributed by atoms with E-state index in [1.165, 1.54) is 59.8 Å². The molecule has 12 rings (SSSR count). The number of aromatic nitrogens is 12. The predicted octanol–water partition coefficient (Wildman–Crippen LogP) is 8.90. The monoisotopic (exact) mass is 908 g/mol. The number of methoxy groups -OCH3 is 2. The van der Waals surface area contributed by atoms with Crippen molar-refractivity contribution in [2.75, 3.05) is 37.1 Å². The summed E-state index contributed by atoms with van der Waals surface area (Å²) in [4.78, 5) is 32.8. The van der Waals surface area contributed by atoms with Crippen LogP contribution < -0.4 is 19.3 Å². The van der Waals surface area contributed by atoms with Gasteiger partial charge in [0.05, 0.1) is 55.3 Å². The molecule has 4 aliphatic rings. The molecule has 8 aromatic rings. The Kier molecular flexibility index (Phi) is 10.9. The van der Waals surface area contributed by atoms with E-state index in [0.29, 0.717) is 17.7 Å². The van der Waals surface area contributed by atoms with Crippen LogP contribution in [-0.2, 0) is 38.8 Å². The van der Waals surface area contributed by atoms with Crippen molar-refractivity contribution < 1.29 is 9.47 Å². The number of anilines is 4. The summed E-state index contributed by atoms with van der Waals surface area (Å²) in [6.45, 7) is 10.1. The first kappa shape index (κ1) is 41.3. The van der Waals surface area contributed by atoms with Gasteiger partial charge in [-0.1, -0.05) is 6.92 Å². The van der Waals surface area contributed by atoms with Gasteiger partial charge in [0, 0.05) is 60.5 Å². The average molecular weight is 909 g/mol. The first-order valence-electron chi connectivity index (χ1n) is 22.6. The number of aryl methyl sites for hydroxylation is 5. The van der Waals surface area contributed by atoms with E-state index in [4.69, 9.17) is 39.6 Å². The zero-order chi connectivity index (χ0) is 44.2. The summed E-state index contributed by atoms with van der Waals surface area (Å²) >= 11 is 3.28. The van der Waals surface area contributed by atoms with Crippen LogP contribution in [0.5, 0.6) is 11.8 Å². The number of hydrogen-bond donors (Lipinski definition) is 0.